The summed E-state index contributed by atoms with van der Waals surface area (Å²) < 4.78 is 29.4. The van der Waals surface area contributed by atoms with Gasteiger partial charge in [0.15, 0.2) is 5.60 Å². The first kappa shape index (κ1) is 26.3. The summed E-state index contributed by atoms with van der Waals surface area (Å²) in [5, 5.41) is 0. The van der Waals surface area contributed by atoms with Gasteiger partial charge in [0, 0.05) is 32.0 Å². The molecule has 0 saturated carbocycles. The van der Waals surface area contributed by atoms with Crippen molar-refractivity contribution in [3.8, 4) is 0 Å². The van der Waals surface area contributed by atoms with Crippen LogP contribution in [0, 0.1) is 6.92 Å². The molecule has 0 aliphatic carbocycles. The highest BCUT2D eigenvalue weighted by Gasteiger charge is 2.53. The van der Waals surface area contributed by atoms with Crippen LogP contribution in [-0.4, -0.2) is 59.6 Å². The highest BCUT2D eigenvalue weighted by molar-refractivity contribution is 5.67. The van der Waals surface area contributed by atoms with E-state index in [1.54, 1.807) is 6.92 Å². The van der Waals surface area contributed by atoms with E-state index in [4.69, 9.17) is 23.7 Å². The SMILES string of the molecule is CC(=O)OC[C@H]1OC(n2cc(C)c(=O)[nH]c2=O)C[C@]1(COCCOCc1ccccc1)OC(C)=O. The van der Waals surface area contributed by atoms with E-state index in [9.17, 15) is 19.2 Å². The van der Waals surface area contributed by atoms with Crippen molar-refractivity contribution in [1.29, 1.82) is 0 Å². The highest BCUT2D eigenvalue weighted by Crippen LogP contribution is 2.40. The number of esters is 2. The summed E-state index contributed by atoms with van der Waals surface area (Å²) in [6.07, 6.45) is -0.397. The zero-order valence-corrected chi connectivity index (χ0v) is 20.0. The van der Waals surface area contributed by atoms with Crippen LogP contribution < -0.4 is 11.2 Å². The van der Waals surface area contributed by atoms with Gasteiger partial charge in [-0.3, -0.25) is 23.9 Å². The quantitative estimate of drug-likeness (QED) is 0.364. The number of rotatable bonds is 11. The minimum atomic E-state index is -1.34. The van der Waals surface area contributed by atoms with Gasteiger partial charge in [0.05, 0.1) is 26.4 Å². The van der Waals surface area contributed by atoms with Gasteiger partial charge < -0.3 is 23.7 Å². The average Bonchev–Trinajstić information content (AvgIpc) is 3.15. The normalized spacial score (nSPS) is 21.6. The molecule has 0 amide bonds. The molecule has 190 valence electrons. The molecule has 1 N–H and O–H groups in total. The lowest BCUT2D eigenvalue weighted by atomic mass is 9.95. The molecule has 1 aromatic heterocycles. The third-order valence-corrected chi connectivity index (χ3v) is 5.50. The van der Waals surface area contributed by atoms with Gasteiger partial charge in [-0.05, 0) is 12.5 Å². The summed E-state index contributed by atoms with van der Waals surface area (Å²) in [7, 11) is 0. The molecule has 1 saturated heterocycles. The maximum absolute atomic E-state index is 12.4. The fourth-order valence-corrected chi connectivity index (χ4v) is 3.84. The number of aromatic amines is 1. The predicted octanol–water partition coefficient (Wildman–Crippen LogP) is 1.23. The molecule has 1 aliphatic heterocycles. The van der Waals surface area contributed by atoms with Crippen molar-refractivity contribution in [2.45, 2.75) is 51.7 Å². The molecule has 3 atom stereocenters. The summed E-state index contributed by atoms with van der Waals surface area (Å²) in [4.78, 5) is 49.9. The lowest BCUT2D eigenvalue weighted by molar-refractivity contribution is -0.180. The Morgan fingerprint density at radius 3 is 2.51 bits per heavy atom. The topological polar surface area (TPSA) is 135 Å². The maximum Gasteiger partial charge on any atom is 0.330 e. The van der Waals surface area contributed by atoms with Crippen LogP contribution in [0.3, 0.4) is 0 Å². The van der Waals surface area contributed by atoms with E-state index in [0.29, 0.717) is 18.8 Å². The fourth-order valence-electron chi connectivity index (χ4n) is 3.84. The zero-order chi connectivity index (χ0) is 25.4. The zero-order valence-electron chi connectivity index (χ0n) is 20.0. The van der Waals surface area contributed by atoms with E-state index >= 15 is 0 Å². The Morgan fingerprint density at radius 1 is 1.11 bits per heavy atom. The van der Waals surface area contributed by atoms with Gasteiger partial charge in [-0.25, -0.2) is 4.79 Å². The van der Waals surface area contributed by atoms with E-state index in [1.165, 1.54) is 24.6 Å². The minimum absolute atomic E-state index is 0.0365. The van der Waals surface area contributed by atoms with Crippen LogP contribution in [0.25, 0.3) is 0 Å². The first-order valence-corrected chi connectivity index (χ1v) is 11.2. The Hall–Kier alpha value is -3.28. The van der Waals surface area contributed by atoms with E-state index in [0.717, 1.165) is 5.56 Å². The second kappa shape index (κ2) is 11.9. The van der Waals surface area contributed by atoms with E-state index in [2.05, 4.69) is 4.98 Å². The monoisotopic (exact) mass is 490 g/mol. The molecule has 0 bridgehead atoms. The molecule has 1 fully saturated rings. The number of aromatic nitrogens is 2. The summed E-state index contributed by atoms with van der Waals surface area (Å²) in [6.45, 7) is 4.67. The van der Waals surface area contributed by atoms with Gasteiger partial charge in [-0.1, -0.05) is 30.3 Å². The number of aryl methyl sites for hydroxylation is 1. The van der Waals surface area contributed by atoms with Crippen LogP contribution in [0.2, 0.25) is 0 Å². The van der Waals surface area contributed by atoms with Crippen LogP contribution in [0.1, 0.15) is 37.6 Å². The Kier molecular flexibility index (Phi) is 8.96. The van der Waals surface area contributed by atoms with Crippen LogP contribution in [0.4, 0.5) is 0 Å². The van der Waals surface area contributed by atoms with Crippen molar-refractivity contribution in [2.24, 2.45) is 0 Å². The van der Waals surface area contributed by atoms with Crippen molar-refractivity contribution in [3.63, 3.8) is 0 Å². The van der Waals surface area contributed by atoms with Gasteiger partial charge in [0.1, 0.15) is 18.9 Å². The molecule has 35 heavy (non-hydrogen) atoms. The number of H-pyrrole nitrogens is 1. The van der Waals surface area contributed by atoms with E-state index in [1.807, 2.05) is 30.3 Å². The molecular formula is C24H30N2O9. The molecule has 2 heterocycles. The number of hydrogen-bond donors (Lipinski definition) is 1. The molecule has 11 nitrogen and oxygen atoms in total. The summed E-state index contributed by atoms with van der Waals surface area (Å²) in [6, 6.07) is 9.67. The Balaban J connectivity index is 1.72. The number of ether oxygens (including phenoxy) is 5. The minimum Gasteiger partial charge on any atom is -0.463 e. The van der Waals surface area contributed by atoms with Gasteiger partial charge in [-0.15, -0.1) is 0 Å². The van der Waals surface area contributed by atoms with Crippen molar-refractivity contribution in [2.75, 3.05) is 26.4 Å². The largest absolute Gasteiger partial charge is 0.463 e. The summed E-state index contributed by atoms with van der Waals surface area (Å²) in [5.41, 5.74) is -1.19. The Morgan fingerprint density at radius 2 is 1.83 bits per heavy atom. The van der Waals surface area contributed by atoms with Crippen molar-refractivity contribution in [3.05, 3.63) is 68.5 Å². The third kappa shape index (κ3) is 7.10. The molecule has 3 rings (SSSR count). The van der Waals surface area contributed by atoms with Crippen LogP contribution in [-0.2, 0) is 39.9 Å². The predicted molar refractivity (Wildman–Crippen MR) is 123 cm³/mol. The number of benzene rings is 1. The van der Waals surface area contributed by atoms with E-state index in [-0.39, 0.29) is 26.2 Å². The van der Waals surface area contributed by atoms with Crippen molar-refractivity contribution >= 4 is 11.9 Å². The molecule has 2 aromatic rings. The molecule has 11 heteroatoms. The second-order valence-corrected chi connectivity index (χ2v) is 8.31. The summed E-state index contributed by atoms with van der Waals surface area (Å²) in [5.74, 6) is -1.13. The highest BCUT2D eigenvalue weighted by atomic mass is 16.6. The van der Waals surface area contributed by atoms with Gasteiger partial charge in [-0.2, -0.15) is 0 Å². The molecule has 1 aromatic carbocycles. The first-order chi connectivity index (χ1) is 16.7. The lowest BCUT2D eigenvalue weighted by Gasteiger charge is -2.32. The van der Waals surface area contributed by atoms with Crippen LogP contribution in [0.15, 0.2) is 46.1 Å². The Labute approximate surface area is 201 Å². The van der Waals surface area contributed by atoms with Crippen LogP contribution in [0.5, 0.6) is 0 Å². The second-order valence-electron chi connectivity index (χ2n) is 8.31. The van der Waals surface area contributed by atoms with Crippen molar-refractivity contribution < 1.29 is 33.3 Å². The van der Waals surface area contributed by atoms with Gasteiger partial charge in [0.25, 0.3) is 5.56 Å². The third-order valence-electron chi connectivity index (χ3n) is 5.50. The lowest BCUT2D eigenvalue weighted by Crippen LogP contribution is -2.49. The maximum atomic E-state index is 12.4. The smallest absolute Gasteiger partial charge is 0.330 e. The number of nitrogens with one attached hydrogen (secondary N) is 1. The van der Waals surface area contributed by atoms with Crippen molar-refractivity contribution in [1.82, 2.24) is 9.55 Å². The number of carbonyl (C=O) groups excluding carboxylic acids is 2. The molecule has 1 aliphatic rings. The first-order valence-electron chi connectivity index (χ1n) is 11.2. The number of carbonyl (C=O) groups is 2. The van der Waals surface area contributed by atoms with Gasteiger partial charge >= 0.3 is 17.6 Å². The molecule has 0 radical (unpaired) electrons. The average molecular weight is 491 g/mol. The number of hydrogen-bond acceptors (Lipinski definition) is 9. The Bertz CT molecular complexity index is 1130. The standard InChI is InChI=1S/C24H30N2O9/c1-16-12-26(23(30)25-22(16)29)21-11-24(35-18(3)28,20(34-21)14-33-17(2)27)15-32-10-9-31-13-19-7-5-4-6-8-19/h4-8,12,20-21H,9-11,13-15H2,1-3H3,(H,25,29,30)/t20-,21?,24-/m1/s1. The number of nitrogens with zero attached hydrogens (tertiary/aromatic N) is 1. The fraction of sp³-hybridized carbons (Fsp3) is 0.500. The van der Waals surface area contributed by atoms with Gasteiger partial charge in [0.2, 0.25) is 0 Å². The summed E-state index contributed by atoms with van der Waals surface area (Å²) >= 11 is 0. The van der Waals surface area contributed by atoms with E-state index < -0.39 is 41.1 Å². The molecular weight excluding hydrogens is 460 g/mol. The molecule has 0 spiro atoms. The molecule has 1 unspecified atom stereocenters. The van der Waals surface area contributed by atoms with Crippen LogP contribution >= 0.6 is 0 Å².